The third kappa shape index (κ3) is 5.43. The number of nitrogens with one attached hydrogen (secondary N) is 1. The predicted octanol–water partition coefficient (Wildman–Crippen LogP) is 9.08. The van der Waals surface area contributed by atoms with E-state index in [1.807, 2.05) is 80.7 Å². The Hall–Kier alpha value is -4.73. The van der Waals surface area contributed by atoms with Gasteiger partial charge in [-0.2, -0.15) is 5.10 Å². The number of halogens is 2. The number of aromatic nitrogens is 4. The number of hydrogen-bond donors (Lipinski definition) is 1. The van der Waals surface area contributed by atoms with Crippen LogP contribution in [-0.2, 0) is 18.2 Å². The number of aromatic amines is 1. The molecule has 1 aliphatic heterocycles. The fraction of sp³-hybridized carbons (Fsp3) is 0.308. The van der Waals surface area contributed by atoms with Crippen LogP contribution in [0.15, 0.2) is 48.7 Å². The minimum atomic E-state index is -0.428. The van der Waals surface area contributed by atoms with Crippen LogP contribution in [0.4, 0.5) is 5.69 Å². The van der Waals surface area contributed by atoms with E-state index in [0.29, 0.717) is 42.3 Å². The number of carbonyl (C=O) groups excluding carboxylic acids is 2. The third-order valence-electron chi connectivity index (χ3n) is 9.86. The Morgan fingerprint density at radius 1 is 1.02 bits per heavy atom. The molecular weight excluding hydrogens is 673 g/mol. The van der Waals surface area contributed by atoms with E-state index < -0.39 is 5.97 Å². The molecule has 0 saturated heterocycles. The maximum atomic E-state index is 15.0. The molecule has 0 spiro atoms. The molecular formula is C39H39Cl2N5O4. The second-order valence-corrected chi connectivity index (χ2v) is 14.0. The lowest BCUT2D eigenvalue weighted by Gasteiger charge is -2.34. The van der Waals surface area contributed by atoms with Crippen LogP contribution in [0.3, 0.4) is 0 Å². The van der Waals surface area contributed by atoms with Crippen LogP contribution in [0.25, 0.3) is 32.9 Å². The van der Waals surface area contributed by atoms with Gasteiger partial charge in [-0.1, -0.05) is 29.3 Å². The van der Waals surface area contributed by atoms with Crippen molar-refractivity contribution < 1.29 is 19.1 Å². The molecule has 0 unspecified atom stereocenters. The molecule has 258 valence electrons. The Kier molecular flexibility index (Phi) is 8.68. The molecule has 0 radical (unpaired) electrons. The van der Waals surface area contributed by atoms with Crippen LogP contribution < -0.4 is 9.64 Å². The van der Waals surface area contributed by atoms with Crippen molar-refractivity contribution in [3.8, 4) is 16.9 Å². The number of ether oxygens (including phenoxy) is 2. The van der Waals surface area contributed by atoms with Gasteiger partial charge in [0.15, 0.2) is 0 Å². The minimum absolute atomic E-state index is 0.112. The van der Waals surface area contributed by atoms with Crippen molar-refractivity contribution in [1.82, 2.24) is 19.3 Å². The van der Waals surface area contributed by atoms with Gasteiger partial charge in [-0.05, 0) is 101 Å². The summed E-state index contributed by atoms with van der Waals surface area (Å²) in [7, 11) is 3.31. The zero-order chi connectivity index (χ0) is 35.6. The molecule has 1 amide bonds. The average molecular weight is 713 g/mol. The number of nitrogens with zero attached hydrogens (tertiary/aromatic N) is 4. The number of carbonyl (C=O) groups is 2. The van der Waals surface area contributed by atoms with Gasteiger partial charge in [0.05, 0.1) is 41.2 Å². The Morgan fingerprint density at radius 3 is 2.44 bits per heavy atom. The molecule has 0 saturated carbocycles. The summed E-state index contributed by atoms with van der Waals surface area (Å²) in [6.07, 6.45) is 3.23. The first-order valence-electron chi connectivity index (χ1n) is 16.7. The molecule has 3 aromatic carbocycles. The maximum Gasteiger partial charge on any atom is 0.337 e. The van der Waals surface area contributed by atoms with Crippen LogP contribution >= 0.6 is 23.2 Å². The Morgan fingerprint density at radius 2 is 1.76 bits per heavy atom. The monoisotopic (exact) mass is 711 g/mol. The van der Waals surface area contributed by atoms with Crippen molar-refractivity contribution in [2.45, 2.75) is 53.5 Å². The van der Waals surface area contributed by atoms with Crippen LogP contribution in [0.5, 0.6) is 5.75 Å². The van der Waals surface area contributed by atoms with E-state index in [1.54, 1.807) is 12.1 Å². The molecule has 1 atom stereocenters. The highest BCUT2D eigenvalue weighted by atomic mass is 35.5. The fourth-order valence-corrected chi connectivity index (χ4v) is 7.91. The molecule has 11 heteroatoms. The summed E-state index contributed by atoms with van der Waals surface area (Å²) < 4.78 is 15.4. The summed E-state index contributed by atoms with van der Waals surface area (Å²) in [4.78, 5) is 29.3. The van der Waals surface area contributed by atoms with E-state index in [9.17, 15) is 9.59 Å². The molecule has 4 heterocycles. The van der Waals surface area contributed by atoms with Gasteiger partial charge < -0.3 is 23.5 Å². The van der Waals surface area contributed by atoms with Gasteiger partial charge in [-0.3, -0.25) is 9.89 Å². The maximum absolute atomic E-state index is 15.0. The summed E-state index contributed by atoms with van der Waals surface area (Å²) in [5.74, 6) is 0.229. The summed E-state index contributed by atoms with van der Waals surface area (Å²) in [6, 6.07) is 13.2. The van der Waals surface area contributed by atoms with E-state index in [-0.39, 0.29) is 11.9 Å². The van der Waals surface area contributed by atoms with Gasteiger partial charge in [0.25, 0.3) is 5.91 Å². The normalized spacial score (nSPS) is 14.5. The first-order chi connectivity index (χ1) is 23.9. The molecule has 1 aliphatic rings. The lowest BCUT2D eigenvalue weighted by molar-refractivity contribution is 0.0600. The number of anilines is 1. The van der Waals surface area contributed by atoms with Gasteiger partial charge in [0, 0.05) is 64.0 Å². The van der Waals surface area contributed by atoms with Gasteiger partial charge in [-0.15, -0.1) is 0 Å². The number of aryl methyl sites for hydroxylation is 6. The van der Waals surface area contributed by atoms with Gasteiger partial charge in [0.1, 0.15) is 11.4 Å². The highest BCUT2D eigenvalue weighted by Gasteiger charge is 2.37. The van der Waals surface area contributed by atoms with Crippen molar-refractivity contribution in [1.29, 1.82) is 0 Å². The number of hydrogen-bond acceptors (Lipinski definition) is 5. The average Bonchev–Trinajstić information content (AvgIpc) is 3.73. The van der Waals surface area contributed by atoms with Crippen molar-refractivity contribution in [2.24, 2.45) is 7.05 Å². The van der Waals surface area contributed by atoms with Crippen molar-refractivity contribution in [3.63, 3.8) is 0 Å². The number of rotatable bonds is 8. The lowest BCUT2D eigenvalue weighted by atomic mass is 9.98. The molecule has 0 bridgehead atoms. The quantitative estimate of drug-likeness (QED) is 0.126. The molecule has 3 aromatic heterocycles. The first-order valence-corrected chi connectivity index (χ1v) is 17.4. The van der Waals surface area contributed by atoms with Crippen molar-refractivity contribution in [3.05, 3.63) is 98.0 Å². The van der Waals surface area contributed by atoms with Gasteiger partial charge in [-0.25, -0.2) is 4.79 Å². The lowest BCUT2D eigenvalue weighted by Crippen LogP contribution is -2.42. The summed E-state index contributed by atoms with van der Waals surface area (Å²) >= 11 is 13.4. The first kappa shape index (κ1) is 33.8. The summed E-state index contributed by atoms with van der Waals surface area (Å²) in [6.45, 7) is 10.9. The molecule has 0 fully saturated rings. The highest BCUT2D eigenvalue weighted by Crippen LogP contribution is 2.45. The Labute approximate surface area is 300 Å². The number of methoxy groups -OCH3 is 1. The Balaban J connectivity index is 1.36. The van der Waals surface area contributed by atoms with Crippen molar-refractivity contribution in [2.75, 3.05) is 25.2 Å². The SMILES string of the molecule is COC(=O)c1ccc2c(c1)c(N1C[C@@H](C)n3c(c(CCCOc4cc(C)c(Cl)c(C)c4)c4ccc(Cl)c(-c5c(C)n[nH]c5C)c43)C1=O)cn2C. The fourth-order valence-electron chi connectivity index (χ4n) is 7.55. The van der Waals surface area contributed by atoms with Gasteiger partial charge >= 0.3 is 5.97 Å². The topological polar surface area (TPSA) is 94.4 Å². The second kappa shape index (κ2) is 12.9. The number of esters is 1. The van der Waals surface area contributed by atoms with E-state index in [1.165, 1.54) is 7.11 Å². The van der Waals surface area contributed by atoms with Crippen LogP contribution in [-0.4, -0.2) is 51.5 Å². The molecule has 9 nitrogen and oxygen atoms in total. The van der Waals surface area contributed by atoms with Crippen LogP contribution in [0, 0.1) is 27.7 Å². The summed E-state index contributed by atoms with van der Waals surface area (Å²) in [5.41, 5.74) is 10.1. The zero-order valence-electron chi connectivity index (χ0n) is 29.2. The van der Waals surface area contributed by atoms with Crippen LogP contribution in [0.1, 0.15) is 68.3 Å². The van der Waals surface area contributed by atoms with Crippen LogP contribution in [0.2, 0.25) is 10.0 Å². The molecule has 0 aliphatic carbocycles. The smallest absolute Gasteiger partial charge is 0.337 e. The van der Waals surface area contributed by atoms with E-state index >= 15 is 0 Å². The number of fused-ring (bicyclic) bond motifs is 4. The van der Waals surface area contributed by atoms with Crippen molar-refractivity contribution >= 4 is 62.6 Å². The Bertz CT molecular complexity index is 2310. The third-order valence-corrected chi connectivity index (χ3v) is 10.8. The van der Waals surface area contributed by atoms with E-state index in [4.69, 9.17) is 32.7 Å². The van der Waals surface area contributed by atoms with E-state index in [0.717, 1.165) is 77.5 Å². The standard InChI is InChI=1S/C39H39Cl2N5O4/c1-20-15-26(16-21(2)35(20)41)50-14-8-9-27-28-11-12-30(40)34(33-23(4)42-43-24(33)5)36(28)46-22(3)18-45(38(47)37(27)46)32-19-44(6)31-13-10-25(17-29(31)32)39(48)49-7/h10-13,15-17,19,22H,8-9,14,18H2,1-7H3,(H,42,43)/t22-/m1/s1. The minimum Gasteiger partial charge on any atom is -0.494 e. The van der Waals surface area contributed by atoms with E-state index in [2.05, 4.69) is 21.7 Å². The van der Waals surface area contributed by atoms with Gasteiger partial charge in [0.2, 0.25) is 0 Å². The predicted molar refractivity (Wildman–Crippen MR) is 199 cm³/mol. The number of benzene rings is 3. The molecule has 6 aromatic rings. The number of amides is 1. The molecule has 1 N–H and O–H groups in total. The largest absolute Gasteiger partial charge is 0.494 e. The molecule has 50 heavy (non-hydrogen) atoms. The highest BCUT2D eigenvalue weighted by molar-refractivity contribution is 6.35. The number of H-pyrrole nitrogens is 1. The second-order valence-electron chi connectivity index (χ2n) is 13.3. The molecule has 7 rings (SSSR count). The zero-order valence-corrected chi connectivity index (χ0v) is 30.7. The summed E-state index contributed by atoms with van der Waals surface area (Å²) in [5, 5.41) is 10.7.